The number of halogens is 2. The molecule has 7 heteroatoms. The smallest absolute Gasteiger partial charge is 0.227 e. The summed E-state index contributed by atoms with van der Waals surface area (Å²) in [5.41, 5.74) is 12.7. The van der Waals surface area contributed by atoms with Crippen molar-refractivity contribution in [1.82, 2.24) is 4.98 Å². The number of hydrogen-bond acceptors (Lipinski definition) is 4. The second-order valence-electron chi connectivity index (χ2n) is 3.97. The van der Waals surface area contributed by atoms with Gasteiger partial charge in [0.2, 0.25) is 5.91 Å². The van der Waals surface area contributed by atoms with E-state index in [4.69, 9.17) is 11.5 Å². The third-order valence-corrected chi connectivity index (χ3v) is 4.02. The molecule has 1 aliphatic heterocycles. The monoisotopic (exact) mass is 362 g/mol. The highest BCUT2D eigenvalue weighted by atomic mass is 79.9. The molecule has 0 aromatic carbocycles. The maximum Gasteiger partial charge on any atom is 0.227 e. The molecule has 5 nitrogen and oxygen atoms in total. The Morgan fingerprint density at radius 2 is 2.24 bits per heavy atom. The Bertz CT molecular complexity index is 466. The Balaban J connectivity index is 2.41. The molecule has 1 aromatic heterocycles. The van der Waals surface area contributed by atoms with Crippen molar-refractivity contribution in [2.75, 3.05) is 23.7 Å². The van der Waals surface area contributed by atoms with Crippen molar-refractivity contribution in [3.8, 4) is 0 Å². The number of pyridine rings is 1. The van der Waals surface area contributed by atoms with Crippen LogP contribution < -0.4 is 16.4 Å². The van der Waals surface area contributed by atoms with Crippen molar-refractivity contribution in [3.63, 3.8) is 0 Å². The normalized spacial score (nSPS) is 20.1. The molecule has 2 heterocycles. The standard InChI is InChI=1S/C10H12Br2N4O/c11-6-3-15-10(12)9(8(6)14)16-4-5(2-13)1-7(16)17/h3,5H,1-2,4,13H2,(H2,14,15). The summed E-state index contributed by atoms with van der Waals surface area (Å²) >= 11 is 6.63. The highest BCUT2D eigenvalue weighted by Crippen LogP contribution is 2.38. The van der Waals surface area contributed by atoms with E-state index in [1.807, 2.05) is 0 Å². The molecule has 1 amide bonds. The van der Waals surface area contributed by atoms with Gasteiger partial charge in [-0.1, -0.05) is 0 Å². The van der Waals surface area contributed by atoms with Crippen LogP contribution in [0.1, 0.15) is 6.42 Å². The van der Waals surface area contributed by atoms with Crippen LogP contribution in [-0.2, 0) is 4.79 Å². The molecule has 1 unspecified atom stereocenters. The third-order valence-electron chi connectivity index (χ3n) is 2.81. The molecular formula is C10H12Br2N4O. The SMILES string of the molecule is NCC1CC(=O)N(c2c(Br)ncc(Br)c2N)C1. The lowest BCUT2D eigenvalue weighted by Crippen LogP contribution is -2.27. The summed E-state index contributed by atoms with van der Waals surface area (Å²) in [6.07, 6.45) is 2.07. The lowest BCUT2D eigenvalue weighted by Gasteiger charge is -2.20. The van der Waals surface area contributed by atoms with Crippen LogP contribution in [0.15, 0.2) is 15.3 Å². The van der Waals surface area contributed by atoms with E-state index >= 15 is 0 Å². The summed E-state index contributed by atoms with van der Waals surface area (Å²) in [4.78, 5) is 17.7. The summed E-state index contributed by atoms with van der Waals surface area (Å²) in [6.45, 7) is 1.09. The summed E-state index contributed by atoms with van der Waals surface area (Å²) in [7, 11) is 0. The van der Waals surface area contributed by atoms with Gasteiger partial charge >= 0.3 is 0 Å². The fraction of sp³-hybridized carbons (Fsp3) is 0.400. The predicted molar refractivity (Wildman–Crippen MR) is 73.6 cm³/mol. The van der Waals surface area contributed by atoms with Crippen molar-refractivity contribution >= 4 is 49.1 Å². The van der Waals surface area contributed by atoms with Gasteiger partial charge in [0, 0.05) is 19.2 Å². The average Bonchev–Trinajstić information content (AvgIpc) is 2.66. The number of hydrogen-bond donors (Lipinski definition) is 2. The minimum absolute atomic E-state index is 0.0350. The highest BCUT2D eigenvalue weighted by molar-refractivity contribution is 9.11. The van der Waals surface area contributed by atoms with Crippen molar-refractivity contribution in [3.05, 3.63) is 15.3 Å². The quantitative estimate of drug-likeness (QED) is 0.779. The van der Waals surface area contributed by atoms with Gasteiger partial charge < -0.3 is 16.4 Å². The van der Waals surface area contributed by atoms with Crippen LogP contribution in [0.5, 0.6) is 0 Å². The molecule has 1 saturated heterocycles. The van der Waals surface area contributed by atoms with Gasteiger partial charge in [0.15, 0.2) is 0 Å². The lowest BCUT2D eigenvalue weighted by atomic mass is 10.1. The van der Waals surface area contributed by atoms with Crippen LogP contribution in [0.4, 0.5) is 11.4 Å². The van der Waals surface area contributed by atoms with Crippen molar-refractivity contribution in [2.45, 2.75) is 6.42 Å². The zero-order valence-electron chi connectivity index (χ0n) is 8.99. The van der Waals surface area contributed by atoms with E-state index in [-0.39, 0.29) is 11.8 Å². The second-order valence-corrected chi connectivity index (χ2v) is 5.57. The Kier molecular flexibility index (Phi) is 3.70. The molecule has 0 spiro atoms. The number of carbonyl (C=O) groups is 1. The molecular weight excluding hydrogens is 352 g/mol. The van der Waals surface area contributed by atoms with Gasteiger partial charge in [-0.3, -0.25) is 4.79 Å². The molecule has 0 bridgehead atoms. The molecule has 1 atom stereocenters. The summed E-state index contributed by atoms with van der Waals surface area (Å²) < 4.78 is 1.25. The van der Waals surface area contributed by atoms with E-state index in [9.17, 15) is 4.79 Å². The molecule has 0 saturated carbocycles. The maximum atomic E-state index is 11.9. The van der Waals surface area contributed by atoms with Crippen LogP contribution in [0.3, 0.4) is 0 Å². The topological polar surface area (TPSA) is 85.2 Å². The van der Waals surface area contributed by atoms with Crippen molar-refractivity contribution < 1.29 is 4.79 Å². The molecule has 0 aliphatic carbocycles. The fourth-order valence-electron chi connectivity index (χ4n) is 1.88. The average molecular weight is 364 g/mol. The highest BCUT2D eigenvalue weighted by Gasteiger charge is 2.32. The number of nitrogen functional groups attached to an aromatic ring is 1. The number of amides is 1. The Labute approximate surface area is 116 Å². The Morgan fingerprint density at radius 1 is 1.53 bits per heavy atom. The van der Waals surface area contributed by atoms with Crippen LogP contribution in [0.25, 0.3) is 0 Å². The van der Waals surface area contributed by atoms with Gasteiger partial charge in [-0.05, 0) is 44.3 Å². The maximum absolute atomic E-state index is 11.9. The molecule has 92 valence electrons. The first-order chi connectivity index (χ1) is 8.04. The summed E-state index contributed by atoms with van der Waals surface area (Å²) in [6, 6.07) is 0. The number of aromatic nitrogens is 1. The van der Waals surface area contributed by atoms with Crippen LogP contribution in [0, 0.1) is 5.92 Å². The van der Waals surface area contributed by atoms with E-state index < -0.39 is 0 Å². The van der Waals surface area contributed by atoms with Gasteiger partial charge in [0.1, 0.15) is 10.3 Å². The predicted octanol–water partition coefficient (Wildman–Crippen LogP) is 1.50. The number of rotatable bonds is 2. The van der Waals surface area contributed by atoms with Crippen molar-refractivity contribution in [2.24, 2.45) is 11.7 Å². The lowest BCUT2D eigenvalue weighted by molar-refractivity contribution is -0.117. The Morgan fingerprint density at radius 3 is 2.82 bits per heavy atom. The zero-order chi connectivity index (χ0) is 12.6. The first kappa shape index (κ1) is 12.8. The molecule has 1 aromatic rings. The second kappa shape index (κ2) is 4.91. The molecule has 4 N–H and O–H groups in total. The minimum atomic E-state index is 0.0350. The molecule has 1 aliphatic rings. The fourth-order valence-corrected chi connectivity index (χ4v) is 2.70. The van der Waals surface area contributed by atoms with E-state index in [1.165, 1.54) is 0 Å². The van der Waals surface area contributed by atoms with E-state index in [0.29, 0.717) is 40.0 Å². The minimum Gasteiger partial charge on any atom is -0.396 e. The molecule has 1 fully saturated rings. The summed E-state index contributed by atoms with van der Waals surface area (Å²) in [5.74, 6) is 0.223. The number of anilines is 2. The zero-order valence-corrected chi connectivity index (χ0v) is 12.2. The van der Waals surface area contributed by atoms with Gasteiger partial charge in [-0.2, -0.15) is 0 Å². The van der Waals surface area contributed by atoms with Gasteiger partial charge in [0.25, 0.3) is 0 Å². The van der Waals surface area contributed by atoms with E-state index in [2.05, 4.69) is 36.8 Å². The van der Waals surface area contributed by atoms with Gasteiger partial charge in [-0.15, -0.1) is 0 Å². The van der Waals surface area contributed by atoms with E-state index in [0.717, 1.165) is 0 Å². The van der Waals surface area contributed by atoms with Gasteiger partial charge in [-0.25, -0.2) is 4.98 Å². The summed E-state index contributed by atoms with van der Waals surface area (Å²) in [5, 5.41) is 0. The van der Waals surface area contributed by atoms with Crippen LogP contribution in [0.2, 0.25) is 0 Å². The first-order valence-electron chi connectivity index (χ1n) is 5.14. The third kappa shape index (κ3) is 2.31. The number of nitrogens with zero attached hydrogens (tertiary/aromatic N) is 2. The van der Waals surface area contributed by atoms with Crippen LogP contribution in [-0.4, -0.2) is 24.0 Å². The van der Waals surface area contributed by atoms with E-state index in [1.54, 1.807) is 11.1 Å². The van der Waals surface area contributed by atoms with Crippen LogP contribution >= 0.6 is 31.9 Å². The molecule has 0 radical (unpaired) electrons. The van der Waals surface area contributed by atoms with Crippen molar-refractivity contribution in [1.29, 1.82) is 0 Å². The first-order valence-corrected chi connectivity index (χ1v) is 6.73. The van der Waals surface area contributed by atoms with Gasteiger partial charge in [0.05, 0.1) is 10.2 Å². The largest absolute Gasteiger partial charge is 0.396 e. The molecule has 2 rings (SSSR count). The number of nitrogens with two attached hydrogens (primary N) is 2. The number of carbonyl (C=O) groups excluding carboxylic acids is 1. The Hall–Kier alpha value is -0.660. The molecule has 17 heavy (non-hydrogen) atoms.